The normalized spacial score (nSPS) is 13.8. The van der Waals surface area contributed by atoms with Crippen LogP contribution in [-0.4, -0.2) is 35.7 Å². The molecule has 0 aromatic carbocycles. The predicted octanol–water partition coefficient (Wildman–Crippen LogP) is 3.98. The van der Waals surface area contributed by atoms with E-state index in [1.54, 1.807) is 24.5 Å². The van der Waals surface area contributed by atoms with E-state index in [0.29, 0.717) is 5.56 Å². The van der Waals surface area contributed by atoms with Crippen LogP contribution >= 0.6 is 0 Å². The van der Waals surface area contributed by atoms with Gasteiger partial charge >= 0.3 is 6.18 Å². The van der Waals surface area contributed by atoms with Gasteiger partial charge in [-0.15, -0.1) is 5.10 Å². The van der Waals surface area contributed by atoms with Crippen molar-refractivity contribution in [1.29, 1.82) is 5.26 Å². The van der Waals surface area contributed by atoms with Crippen LogP contribution in [-0.2, 0) is 12.1 Å². The van der Waals surface area contributed by atoms with Crippen molar-refractivity contribution in [2.45, 2.75) is 38.6 Å². The zero-order valence-electron chi connectivity index (χ0n) is 17.3. The highest BCUT2D eigenvalue weighted by Gasteiger charge is 2.55. The summed E-state index contributed by atoms with van der Waals surface area (Å²) >= 11 is 0. The average Bonchev–Trinajstić information content (AvgIpc) is 3.36. The van der Waals surface area contributed by atoms with Gasteiger partial charge in [0.1, 0.15) is 11.8 Å². The third kappa shape index (κ3) is 3.61. The third-order valence-electron chi connectivity index (χ3n) is 5.42. The molecular weight excluding hydrogens is 421 g/mol. The number of halogens is 3. The molecule has 4 rings (SSSR count). The molecule has 0 bridgehead atoms. The maximum absolute atomic E-state index is 13.3. The highest BCUT2D eigenvalue weighted by Crippen LogP contribution is 2.40. The summed E-state index contributed by atoms with van der Waals surface area (Å²) in [6.45, 7) is 3.26. The molecule has 0 amide bonds. The topological polar surface area (TPSA) is 92.0 Å². The fraction of sp³-hybridized carbons (Fsp3) is 0.273. The Labute approximate surface area is 181 Å². The summed E-state index contributed by atoms with van der Waals surface area (Å²) in [4.78, 5) is 4.19. The molecule has 4 aromatic heterocycles. The first-order valence-corrected chi connectivity index (χ1v) is 9.83. The number of rotatable bonds is 5. The number of pyridine rings is 2. The summed E-state index contributed by atoms with van der Waals surface area (Å²) in [6, 6.07) is 11.3. The van der Waals surface area contributed by atoms with Gasteiger partial charge in [0, 0.05) is 29.2 Å². The van der Waals surface area contributed by atoms with Crippen LogP contribution in [0.1, 0.15) is 35.9 Å². The number of hydrogen-bond donors (Lipinski definition) is 1. The standard InChI is InChI=1S/C22H19F3N6O/c1-3-21(32,22(23,24)25)19-13-30(29-28-19)12-15-5-7-31-18(9-15)10-17(11-26)20(31)16-4-6-27-14(2)8-16/h4-10,13,32H,3,12H2,1-2H3. The molecule has 7 nitrogen and oxygen atoms in total. The maximum Gasteiger partial charge on any atom is 0.423 e. The molecule has 0 spiro atoms. The van der Waals surface area contributed by atoms with Crippen molar-refractivity contribution in [3.63, 3.8) is 0 Å². The molecule has 0 aliphatic carbocycles. The van der Waals surface area contributed by atoms with E-state index in [9.17, 15) is 23.5 Å². The van der Waals surface area contributed by atoms with Crippen molar-refractivity contribution in [1.82, 2.24) is 24.4 Å². The molecule has 0 fully saturated rings. The number of aliphatic hydroxyl groups is 1. The number of alkyl halides is 3. The first-order valence-electron chi connectivity index (χ1n) is 9.83. The monoisotopic (exact) mass is 440 g/mol. The molecule has 0 aliphatic heterocycles. The van der Waals surface area contributed by atoms with Gasteiger partial charge in [0.05, 0.1) is 24.0 Å². The number of fused-ring (bicyclic) bond motifs is 1. The summed E-state index contributed by atoms with van der Waals surface area (Å²) in [6.07, 6.45) is -0.847. The molecule has 0 radical (unpaired) electrons. The van der Waals surface area contributed by atoms with Crippen molar-refractivity contribution in [3.8, 4) is 17.3 Å². The van der Waals surface area contributed by atoms with Crippen LogP contribution < -0.4 is 0 Å². The summed E-state index contributed by atoms with van der Waals surface area (Å²) in [5, 5.41) is 27.0. The fourth-order valence-corrected chi connectivity index (χ4v) is 3.67. The highest BCUT2D eigenvalue weighted by atomic mass is 19.4. The Hall–Kier alpha value is -3.71. The predicted molar refractivity (Wildman–Crippen MR) is 109 cm³/mol. The lowest BCUT2D eigenvalue weighted by Crippen LogP contribution is -2.42. The molecule has 32 heavy (non-hydrogen) atoms. The molecule has 1 atom stereocenters. The van der Waals surface area contributed by atoms with Crippen LogP contribution in [0.4, 0.5) is 13.2 Å². The lowest BCUT2D eigenvalue weighted by Gasteiger charge is -2.26. The second kappa shape index (κ2) is 7.76. The molecule has 1 N–H and O–H groups in total. The molecule has 1 unspecified atom stereocenters. The molecule has 0 aliphatic rings. The molecule has 0 saturated carbocycles. The quantitative estimate of drug-likeness (QED) is 0.507. The smallest absolute Gasteiger partial charge is 0.375 e. The summed E-state index contributed by atoms with van der Waals surface area (Å²) in [5.74, 6) is 0. The van der Waals surface area contributed by atoms with Gasteiger partial charge in [-0.3, -0.25) is 4.98 Å². The number of aromatic nitrogens is 5. The molecule has 4 aromatic rings. The van der Waals surface area contributed by atoms with Crippen LogP contribution in [0.5, 0.6) is 0 Å². The average molecular weight is 440 g/mol. The number of aryl methyl sites for hydroxylation is 1. The minimum Gasteiger partial charge on any atom is -0.375 e. The van der Waals surface area contributed by atoms with Gasteiger partial charge in [0.15, 0.2) is 0 Å². The Morgan fingerprint density at radius 1 is 1.19 bits per heavy atom. The van der Waals surface area contributed by atoms with Crippen LogP contribution in [0.2, 0.25) is 0 Å². The molecule has 10 heteroatoms. The number of nitrogens with zero attached hydrogens (tertiary/aromatic N) is 6. The first kappa shape index (κ1) is 21.5. The fourth-order valence-electron chi connectivity index (χ4n) is 3.67. The maximum atomic E-state index is 13.3. The largest absolute Gasteiger partial charge is 0.423 e. The molecule has 0 saturated heterocycles. The number of nitriles is 1. The van der Waals surface area contributed by atoms with E-state index in [1.165, 1.54) is 11.6 Å². The second-order valence-corrected chi connectivity index (χ2v) is 7.55. The highest BCUT2D eigenvalue weighted by molar-refractivity contribution is 5.75. The minimum absolute atomic E-state index is 0.151. The van der Waals surface area contributed by atoms with E-state index in [1.807, 2.05) is 29.5 Å². The second-order valence-electron chi connectivity index (χ2n) is 7.55. The van der Waals surface area contributed by atoms with Gasteiger partial charge < -0.3 is 9.51 Å². The van der Waals surface area contributed by atoms with Crippen LogP contribution in [0, 0.1) is 18.3 Å². The van der Waals surface area contributed by atoms with Crippen LogP contribution in [0.15, 0.2) is 48.9 Å². The summed E-state index contributed by atoms with van der Waals surface area (Å²) in [5.41, 5.74) is 0.827. The minimum atomic E-state index is -4.86. The summed E-state index contributed by atoms with van der Waals surface area (Å²) < 4.78 is 43.0. The van der Waals surface area contributed by atoms with E-state index >= 15 is 0 Å². The Balaban J connectivity index is 1.68. The van der Waals surface area contributed by atoms with E-state index in [0.717, 1.165) is 34.2 Å². The van der Waals surface area contributed by atoms with Gasteiger partial charge in [0.25, 0.3) is 0 Å². The first-order chi connectivity index (χ1) is 15.2. The van der Waals surface area contributed by atoms with Gasteiger partial charge in [-0.25, -0.2) is 4.68 Å². The lowest BCUT2D eigenvalue weighted by atomic mass is 9.96. The summed E-state index contributed by atoms with van der Waals surface area (Å²) in [7, 11) is 0. The van der Waals surface area contributed by atoms with E-state index < -0.39 is 23.9 Å². The molecular formula is C22H19F3N6O. The van der Waals surface area contributed by atoms with Gasteiger partial charge in [-0.2, -0.15) is 18.4 Å². The van der Waals surface area contributed by atoms with Crippen molar-refractivity contribution in [3.05, 3.63) is 71.4 Å². The van der Waals surface area contributed by atoms with Crippen molar-refractivity contribution in [2.75, 3.05) is 0 Å². The molecule has 4 heterocycles. The Bertz CT molecular complexity index is 1330. The van der Waals surface area contributed by atoms with Crippen molar-refractivity contribution < 1.29 is 18.3 Å². The van der Waals surface area contributed by atoms with E-state index in [-0.39, 0.29) is 6.54 Å². The Morgan fingerprint density at radius 3 is 2.62 bits per heavy atom. The van der Waals surface area contributed by atoms with Crippen LogP contribution in [0.25, 0.3) is 16.8 Å². The Morgan fingerprint density at radius 2 is 1.97 bits per heavy atom. The van der Waals surface area contributed by atoms with Gasteiger partial charge in [0.2, 0.25) is 5.60 Å². The number of hydrogen-bond acceptors (Lipinski definition) is 5. The van der Waals surface area contributed by atoms with E-state index in [4.69, 9.17) is 0 Å². The van der Waals surface area contributed by atoms with Crippen LogP contribution in [0.3, 0.4) is 0 Å². The third-order valence-corrected chi connectivity index (χ3v) is 5.42. The molecule has 164 valence electrons. The SMILES string of the molecule is CCC(O)(c1cn(Cc2ccn3c(-c4ccnc(C)c4)c(C#N)cc3c2)nn1)C(F)(F)F. The van der Waals surface area contributed by atoms with Crippen molar-refractivity contribution >= 4 is 5.52 Å². The zero-order valence-corrected chi connectivity index (χ0v) is 17.3. The van der Waals surface area contributed by atoms with E-state index in [2.05, 4.69) is 21.4 Å². The van der Waals surface area contributed by atoms with Crippen molar-refractivity contribution in [2.24, 2.45) is 0 Å². The van der Waals surface area contributed by atoms with Gasteiger partial charge in [-0.05, 0) is 49.2 Å². The Kier molecular flexibility index (Phi) is 5.22. The van der Waals surface area contributed by atoms with Gasteiger partial charge in [-0.1, -0.05) is 12.1 Å². The lowest BCUT2D eigenvalue weighted by molar-refractivity contribution is -0.269. The zero-order chi connectivity index (χ0) is 23.1.